The zero-order valence-corrected chi connectivity index (χ0v) is 10.6. The molecule has 0 radical (unpaired) electrons. The molecule has 2 aromatic rings. The van der Waals surface area contributed by atoms with Crippen molar-refractivity contribution in [1.29, 1.82) is 0 Å². The van der Waals surface area contributed by atoms with E-state index < -0.39 is 0 Å². The minimum atomic E-state index is 0.151. The van der Waals surface area contributed by atoms with Crippen LogP contribution in [0.2, 0.25) is 0 Å². The SMILES string of the molecule is NCCc1cn(CCO)c2cc(Br)ccc12. The van der Waals surface area contributed by atoms with Gasteiger partial charge in [-0.05, 0) is 30.7 Å². The number of aliphatic hydroxyl groups is 1. The zero-order chi connectivity index (χ0) is 11.5. The Morgan fingerprint density at radius 3 is 2.88 bits per heavy atom. The van der Waals surface area contributed by atoms with Crippen LogP contribution in [-0.4, -0.2) is 22.8 Å². The molecule has 0 spiro atoms. The molecule has 0 saturated heterocycles. The molecule has 3 N–H and O–H groups in total. The summed E-state index contributed by atoms with van der Waals surface area (Å²) in [6.45, 7) is 1.42. The summed E-state index contributed by atoms with van der Waals surface area (Å²) in [4.78, 5) is 0. The molecule has 1 aromatic heterocycles. The van der Waals surface area contributed by atoms with Crippen LogP contribution >= 0.6 is 15.9 Å². The lowest BCUT2D eigenvalue weighted by atomic mass is 10.1. The fourth-order valence-corrected chi connectivity index (χ4v) is 2.34. The molecule has 86 valence electrons. The molecule has 0 unspecified atom stereocenters. The Balaban J connectivity index is 2.56. The van der Waals surface area contributed by atoms with Crippen LogP contribution in [0.25, 0.3) is 10.9 Å². The minimum Gasteiger partial charge on any atom is -0.395 e. The number of halogens is 1. The lowest BCUT2D eigenvalue weighted by Crippen LogP contribution is -2.02. The number of aliphatic hydroxyl groups excluding tert-OH is 1. The molecular formula is C12H15BrN2O. The standard InChI is InChI=1S/C12H15BrN2O/c13-10-1-2-11-9(3-4-14)8-15(5-6-16)12(11)7-10/h1-2,7-8,16H,3-6,14H2. The van der Waals surface area contributed by atoms with Gasteiger partial charge in [-0.15, -0.1) is 0 Å². The lowest BCUT2D eigenvalue weighted by molar-refractivity contribution is 0.278. The Bertz CT molecular complexity index is 493. The van der Waals surface area contributed by atoms with Gasteiger partial charge in [-0.2, -0.15) is 0 Å². The molecule has 0 amide bonds. The zero-order valence-electron chi connectivity index (χ0n) is 8.99. The average Bonchev–Trinajstić information content (AvgIpc) is 2.58. The molecule has 0 aliphatic rings. The topological polar surface area (TPSA) is 51.2 Å². The van der Waals surface area contributed by atoms with Gasteiger partial charge >= 0.3 is 0 Å². The van der Waals surface area contributed by atoms with E-state index in [1.807, 2.05) is 6.07 Å². The van der Waals surface area contributed by atoms with E-state index in [4.69, 9.17) is 10.8 Å². The number of rotatable bonds is 4. The van der Waals surface area contributed by atoms with Gasteiger partial charge in [0.15, 0.2) is 0 Å². The third kappa shape index (κ3) is 2.14. The maximum atomic E-state index is 9.03. The Morgan fingerprint density at radius 2 is 2.19 bits per heavy atom. The Morgan fingerprint density at radius 1 is 1.38 bits per heavy atom. The molecule has 0 bridgehead atoms. The number of hydrogen-bond donors (Lipinski definition) is 2. The number of nitrogens with two attached hydrogens (primary N) is 1. The first-order valence-corrected chi connectivity index (χ1v) is 6.13. The highest BCUT2D eigenvalue weighted by Crippen LogP contribution is 2.25. The van der Waals surface area contributed by atoms with E-state index in [1.54, 1.807) is 0 Å². The summed E-state index contributed by atoms with van der Waals surface area (Å²) < 4.78 is 3.13. The highest BCUT2D eigenvalue weighted by Gasteiger charge is 2.07. The monoisotopic (exact) mass is 282 g/mol. The van der Waals surface area contributed by atoms with Crippen LogP contribution in [-0.2, 0) is 13.0 Å². The number of nitrogens with zero attached hydrogens (tertiary/aromatic N) is 1. The smallest absolute Gasteiger partial charge is 0.0610 e. The average molecular weight is 283 g/mol. The van der Waals surface area contributed by atoms with Gasteiger partial charge < -0.3 is 15.4 Å². The molecule has 0 aliphatic heterocycles. The van der Waals surface area contributed by atoms with E-state index in [-0.39, 0.29) is 6.61 Å². The van der Waals surface area contributed by atoms with Crippen molar-refractivity contribution in [3.63, 3.8) is 0 Å². The summed E-state index contributed by atoms with van der Waals surface area (Å²) >= 11 is 3.47. The van der Waals surface area contributed by atoms with Gasteiger partial charge in [-0.1, -0.05) is 22.0 Å². The molecule has 0 fully saturated rings. The van der Waals surface area contributed by atoms with Gasteiger partial charge in [-0.25, -0.2) is 0 Å². The summed E-state index contributed by atoms with van der Waals surface area (Å²) in [5, 5.41) is 10.3. The van der Waals surface area contributed by atoms with E-state index in [1.165, 1.54) is 10.9 Å². The molecule has 1 aromatic carbocycles. The van der Waals surface area contributed by atoms with E-state index in [9.17, 15) is 0 Å². The molecule has 0 atom stereocenters. The number of benzene rings is 1. The van der Waals surface area contributed by atoms with Gasteiger partial charge in [-0.3, -0.25) is 0 Å². The molecule has 4 heteroatoms. The first-order valence-electron chi connectivity index (χ1n) is 5.34. The van der Waals surface area contributed by atoms with Crippen LogP contribution in [0, 0.1) is 0 Å². The predicted molar refractivity (Wildman–Crippen MR) is 69.5 cm³/mol. The second-order valence-corrected chi connectivity index (χ2v) is 4.69. The summed E-state index contributed by atoms with van der Waals surface area (Å²) in [7, 11) is 0. The van der Waals surface area contributed by atoms with Crippen molar-refractivity contribution < 1.29 is 5.11 Å². The van der Waals surface area contributed by atoms with E-state index in [0.717, 1.165) is 16.4 Å². The summed E-state index contributed by atoms with van der Waals surface area (Å²) in [6, 6.07) is 6.20. The van der Waals surface area contributed by atoms with Crippen LogP contribution in [0.4, 0.5) is 0 Å². The molecule has 0 saturated carbocycles. The van der Waals surface area contributed by atoms with Crippen molar-refractivity contribution in [2.24, 2.45) is 5.73 Å². The van der Waals surface area contributed by atoms with E-state index in [0.29, 0.717) is 13.1 Å². The van der Waals surface area contributed by atoms with Crippen LogP contribution < -0.4 is 5.73 Å². The second-order valence-electron chi connectivity index (χ2n) is 3.77. The third-order valence-corrected chi connectivity index (χ3v) is 3.17. The normalized spacial score (nSPS) is 11.2. The number of aromatic nitrogens is 1. The molecule has 0 aliphatic carbocycles. The van der Waals surface area contributed by atoms with Gasteiger partial charge in [0.1, 0.15) is 0 Å². The lowest BCUT2D eigenvalue weighted by Gasteiger charge is -2.01. The molecule has 16 heavy (non-hydrogen) atoms. The fraction of sp³-hybridized carbons (Fsp3) is 0.333. The van der Waals surface area contributed by atoms with Crippen LogP contribution in [0.5, 0.6) is 0 Å². The molecule has 2 rings (SSSR count). The van der Waals surface area contributed by atoms with Crippen molar-refractivity contribution in [2.45, 2.75) is 13.0 Å². The summed E-state index contributed by atoms with van der Waals surface area (Å²) in [5.41, 5.74) is 7.99. The van der Waals surface area contributed by atoms with Gasteiger partial charge in [0, 0.05) is 28.1 Å². The first-order chi connectivity index (χ1) is 7.76. The van der Waals surface area contributed by atoms with Crippen molar-refractivity contribution >= 4 is 26.8 Å². The predicted octanol–water partition coefficient (Wildman–Crippen LogP) is 1.90. The van der Waals surface area contributed by atoms with Gasteiger partial charge in [0.2, 0.25) is 0 Å². The summed E-state index contributed by atoms with van der Waals surface area (Å²) in [5.74, 6) is 0. The molecule has 1 heterocycles. The second kappa shape index (κ2) is 4.99. The quantitative estimate of drug-likeness (QED) is 0.900. The molecule has 3 nitrogen and oxygen atoms in total. The van der Waals surface area contributed by atoms with Crippen LogP contribution in [0.1, 0.15) is 5.56 Å². The Labute approximate surface area is 103 Å². The van der Waals surface area contributed by atoms with Crippen LogP contribution in [0.15, 0.2) is 28.9 Å². The van der Waals surface area contributed by atoms with Crippen molar-refractivity contribution in [2.75, 3.05) is 13.2 Å². The highest BCUT2D eigenvalue weighted by molar-refractivity contribution is 9.10. The summed E-state index contributed by atoms with van der Waals surface area (Å²) in [6.07, 6.45) is 2.96. The van der Waals surface area contributed by atoms with Gasteiger partial charge in [0.05, 0.1) is 6.61 Å². The number of hydrogen-bond acceptors (Lipinski definition) is 2. The fourth-order valence-electron chi connectivity index (χ4n) is 1.99. The first kappa shape index (κ1) is 11.6. The maximum absolute atomic E-state index is 9.03. The highest BCUT2D eigenvalue weighted by atomic mass is 79.9. The van der Waals surface area contributed by atoms with Crippen molar-refractivity contribution in [1.82, 2.24) is 4.57 Å². The van der Waals surface area contributed by atoms with Gasteiger partial charge in [0.25, 0.3) is 0 Å². The van der Waals surface area contributed by atoms with E-state index in [2.05, 4.69) is 38.8 Å². The number of fused-ring (bicyclic) bond motifs is 1. The molecular weight excluding hydrogens is 268 g/mol. The third-order valence-electron chi connectivity index (χ3n) is 2.68. The Kier molecular flexibility index (Phi) is 3.63. The maximum Gasteiger partial charge on any atom is 0.0610 e. The minimum absolute atomic E-state index is 0.151. The van der Waals surface area contributed by atoms with E-state index >= 15 is 0 Å². The Hall–Kier alpha value is -0.840. The van der Waals surface area contributed by atoms with Crippen molar-refractivity contribution in [3.8, 4) is 0 Å². The largest absolute Gasteiger partial charge is 0.395 e. The van der Waals surface area contributed by atoms with Crippen LogP contribution in [0.3, 0.4) is 0 Å². The van der Waals surface area contributed by atoms with Crippen molar-refractivity contribution in [3.05, 3.63) is 34.4 Å².